The highest BCUT2D eigenvalue weighted by atomic mass is 32.1. The molecular formula is C66H86FN9O7S2Si2. The maximum absolute atomic E-state index is 15.2. The fraction of sp³-hybridized carbons (Fsp3) is 0.455. The van der Waals surface area contributed by atoms with Crippen molar-refractivity contribution in [1.29, 1.82) is 0 Å². The SMILES string of the molecule is Cc1cc(N(CCCC(CN2CCN(C(=O)OC(C)(C)C)CC2)O[Si](c2ccccc2)(c2ccccc2)C(C)(C)C)c2nc(C(=O)O)c(CCCOc3ccc(C#CCN(C)C)cc3F)s2)nnc1/N=c1\sc2ccccc2n1COCC[Si](C)(C)C. The fourth-order valence-electron chi connectivity index (χ4n) is 10.4. The van der Waals surface area contributed by atoms with Gasteiger partial charge < -0.3 is 33.5 Å². The van der Waals surface area contributed by atoms with E-state index in [4.69, 9.17) is 38.8 Å². The van der Waals surface area contributed by atoms with Crippen LogP contribution in [0.3, 0.4) is 0 Å². The number of piperazine rings is 1. The summed E-state index contributed by atoms with van der Waals surface area (Å²) in [5.74, 6) is 5.36. The molecule has 1 aliphatic rings. The Kier molecular flexibility index (Phi) is 22.6. The van der Waals surface area contributed by atoms with Crippen LogP contribution in [0.2, 0.25) is 30.7 Å². The molecule has 16 nitrogen and oxygen atoms in total. The second-order valence-electron chi connectivity index (χ2n) is 25.6. The van der Waals surface area contributed by atoms with Crippen LogP contribution in [0.5, 0.6) is 5.75 Å². The van der Waals surface area contributed by atoms with Crippen molar-refractivity contribution < 1.29 is 37.7 Å². The zero-order valence-corrected chi connectivity index (χ0v) is 56.3. The molecule has 1 atom stereocenters. The van der Waals surface area contributed by atoms with Crippen molar-refractivity contribution in [3.05, 3.63) is 142 Å². The van der Waals surface area contributed by atoms with E-state index in [-0.39, 0.29) is 35.3 Å². The maximum Gasteiger partial charge on any atom is 0.410 e. The molecule has 1 aliphatic heterocycles. The van der Waals surface area contributed by atoms with Gasteiger partial charge in [-0.3, -0.25) is 14.4 Å². The first-order valence-electron chi connectivity index (χ1n) is 30.0. The van der Waals surface area contributed by atoms with E-state index in [1.165, 1.54) is 27.8 Å². The minimum Gasteiger partial charge on any atom is -0.491 e. The van der Waals surface area contributed by atoms with Crippen LogP contribution in [0.15, 0.2) is 114 Å². The number of aryl methyl sites for hydroxylation is 2. The number of aromatic carboxylic acids is 1. The van der Waals surface area contributed by atoms with Gasteiger partial charge in [-0.05, 0) is 131 Å². The molecule has 7 aromatic rings. The summed E-state index contributed by atoms with van der Waals surface area (Å²) in [4.78, 5) is 45.7. The quantitative estimate of drug-likeness (QED) is 0.0327. The molecule has 0 aliphatic carbocycles. The van der Waals surface area contributed by atoms with Gasteiger partial charge in [0.15, 0.2) is 38.8 Å². The Hall–Kier alpha value is -6.62. The van der Waals surface area contributed by atoms with Gasteiger partial charge >= 0.3 is 12.1 Å². The summed E-state index contributed by atoms with van der Waals surface area (Å²) in [5.41, 5.74) is 1.66. The number of aromatic nitrogens is 4. The number of para-hydroxylation sites is 1. The summed E-state index contributed by atoms with van der Waals surface area (Å²) in [6.45, 7) is 26.5. The number of hydrogen-bond donors (Lipinski definition) is 1. The second kappa shape index (κ2) is 29.6. The molecule has 8 rings (SSSR count). The van der Waals surface area contributed by atoms with E-state index in [2.05, 4.69) is 122 Å². The molecule has 0 spiro atoms. The minimum absolute atomic E-state index is 0.0667. The molecule has 0 bridgehead atoms. The third kappa shape index (κ3) is 18.0. The van der Waals surface area contributed by atoms with Crippen LogP contribution in [0, 0.1) is 24.6 Å². The number of amides is 1. The number of anilines is 2. The lowest BCUT2D eigenvalue weighted by Gasteiger charge is -2.46. The van der Waals surface area contributed by atoms with Crippen molar-refractivity contribution in [3.8, 4) is 17.6 Å². The number of benzene rings is 4. The summed E-state index contributed by atoms with van der Waals surface area (Å²) in [7, 11) is -0.566. The van der Waals surface area contributed by atoms with Crippen molar-refractivity contribution in [1.82, 2.24) is 34.4 Å². The molecule has 1 N–H and O–H groups in total. The Balaban J connectivity index is 1.12. The number of hydrogen-bond acceptors (Lipinski definition) is 15. The van der Waals surface area contributed by atoms with E-state index in [9.17, 15) is 14.7 Å². The number of carboxylic acid groups (broad SMARTS) is 1. The minimum atomic E-state index is -3.09. The van der Waals surface area contributed by atoms with Crippen LogP contribution in [0.4, 0.5) is 26.0 Å². The third-order valence-electron chi connectivity index (χ3n) is 14.9. The zero-order chi connectivity index (χ0) is 62.5. The number of fused-ring (bicyclic) bond motifs is 1. The number of halogens is 1. The van der Waals surface area contributed by atoms with Gasteiger partial charge in [-0.2, -0.15) is 4.99 Å². The van der Waals surface area contributed by atoms with Gasteiger partial charge in [0.1, 0.15) is 12.3 Å². The lowest BCUT2D eigenvalue weighted by atomic mass is 10.1. The number of carbonyl (C=O) groups is 2. The maximum atomic E-state index is 15.2. The van der Waals surface area contributed by atoms with E-state index in [0.717, 1.165) is 26.6 Å². The van der Waals surface area contributed by atoms with E-state index < -0.39 is 33.8 Å². The second-order valence-corrected chi connectivity index (χ2v) is 37.6. The van der Waals surface area contributed by atoms with E-state index in [1.807, 2.05) is 81.9 Å². The normalized spacial score (nSPS) is 14.1. The first-order chi connectivity index (χ1) is 41.4. The molecule has 0 radical (unpaired) electrons. The van der Waals surface area contributed by atoms with Crippen molar-refractivity contribution in [2.45, 2.75) is 123 Å². The summed E-state index contributed by atoms with van der Waals surface area (Å²) in [6.07, 6.45) is 1.32. The molecule has 1 unspecified atom stereocenters. The molecule has 0 saturated carbocycles. The predicted molar refractivity (Wildman–Crippen MR) is 354 cm³/mol. The van der Waals surface area contributed by atoms with Crippen LogP contribution in [0.1, 0.15) is 87.3 Å². The summed E-state index contributed by atoms with van der Waals surface area (Å²) >= 11 is 2.85. The first-order valence-corrected chi connectivity index (χ1v) is 37.2. The van der Waals surface area contributed by atoms with Crippen molar-refractivity contribution in [2.24, 2.45) is 4.99 Å². The highest BCUT2D eigenvalue weighted by molar-refractivity contribution is 7.16. The van der Waals surface area contributed by atoms with Crippen molar-refractivity contribution in [3.63, 3.8) is 0 Å². The monoisotopic (exact) mass is 1260 g/mol. The molecule has 4 aromatic carbocycles. The number of carbonyl (C=O) groups excluding carboxylic acids is 1. The average molecular weight is 1260 g/mol. The lowest BCUT2D eigenvalue weighted by molar-refractivity contribution is 0.0105. The summed E-state index contributed by atoms with van der Waals surface area (Å²) in [5, 5.41) is 22.9. The molecule has 1 saturated heterocycles. The highest BCUT2D eigenvalue weighted by Crippen LogP contribution is 2.39. The average Bonchev–Trinajstić information content (AvgIpc) is 1.55. The van der Waals surface area contributed by atoms with Gasteiger partial charge in [-0.1, -0.05) is 136 Å². The van der Waals surface area contributed by atoms with Gasteiger partial charge in [0.25, 0.3) is 8.32 Å². The number of ether oxygens (including phenoxy) is 3. The van der Waals surface area contributed by atoms with Crippen LogP contribution in [-0.4, -0.2) is 153 Å². The van der Waals surface area contributed by atoms with Crippen LogP contribution < -0.4 is 24.8 Å². The Morgan fingerprint density at radius 1 is 0.851 bits per heavy atom. The number of thiazole rings is 2. The van der Waals surface area contributed by atoms with E-state index in [1.54, 1.807) is 28.4 Å². The lowest BCUT2D eigenvalue weighted by Crippen LogP contribution is -2.68. The Morgan fingerprint density at radius 3 is 2.15 bits per heavy atom. The highest BCUT2D eigenvalue weighted by Gasteiger charge is 2.51. The van der Waals surface area contributed by atoms with E-state index >= 15 is 4.39 Å². The molecule has 3 aromatic heterocycles. The summed E-state index contributed by atoms with van der Waals surface area (Å²) in [6, 6.07) is 37.1. The molecule has 87 heavy (non-hydrogen) atoms. The van der Waals surface area contributed by atoms with E-state index in [0.29, 0.717) is 112 Å². The molecule has 464 valence electrons. The van der Waals surface area contributed by atoms with Crippen LogP contribution >= 0.6 is 22.7 Å². The Bertz CT molecular complexity index is 3520. The van der Waals surface area contributed by atoms with Crippen molar-refractivity contribution in [2.75, 3.05) is 78.0 Å². The van der Waals surface area contributed by atoms with Gasteiger partial charge in [0.05, 0.1) is 29.5 Å². The third-order valence-corrected chi connectivity index (χ3v) is 23.9. The van der Waals surface area contributed by atoms with Gasteiger partial charge in [-0.25, -0.2) is 19.0 Å². The smallest absolute Gasteiger partial charge is 0.410 e. The number of nitrogens with zero attached hydrogens (tertiary/aromatic N) is 9. The van der Waals surface area contributed by atoms with Gasteiger partial charge in [0.2, 0.25) is 0 Å². The molecule has 4 heterocycles. The van der Waals surface area contributed by atoms with Gasteiger partial charge in [-0.15, -0.1) is 21.5 Å². The Labute approximate surface area is 523 Å². The van der Waals surface area contributed by atoms with Crippen molar-refractivity contribution >= 4 is 88.5 Å². The van der Waals surface area contributed by atoms with Gasteiger partial charge in [0, 0.05) is 64.4 Å². The molecular weight excluding hydrogens is 1170 g/mol. The van der Waals surface area contributed by atoms with Crippen LogP contribution in [0.25, 0.3) is 10.2 Å². The molecule has 21 heteroatoms. The first kappa shape index (κ1) is 66.3. The molecule has 1 fully saturated rings. The number of carboxylic acids is 1. The summed E-state index contributed by atoms with van der Waals surface area (Å²) < 4.78 is 44.3. The topological polar surface area (TPSA) is 160 Å². The standard InChI is InChI=1S/C66H86FN9O7S2Si2/c1-48-44-58(70-71-60(48)69-63-76(47-80-42-43-86(10,11)12)54-30-19-20-31-56(54)84-63)75(62-68-59(61(77)78)57(85-62)32-23-41-81-55-34-33-49(45-53(55)67)24-21-35-72(8)9)36-22-25-50(46-73-37-39-74(40-38-73)64(79)82-65(2,3)4)83-87(66(5,6)7,51-26-15-13-16-27-51)52-28-17-14-18-29-52/h13-20,26-31,33-34,44-45,50H,22-23,25,32,35-43,46-47H2,1-12H3,(H,77,78)/b69-63-. The van der Waals surface area contributed by atoms with Crippen LogP contribution in [-0.2, 0) is 27.1 Å². The largest absolute Gasteiger partial charge is 0.491 e. The number of rotatable bonds is 25. The molecule has 1 amide bonds. The predicted octanol–water partition coefficient (Wildman–Crippen LogP) is 12.0. The zero-order valence-electron chi connectivity index (χ0n) is 52.7. The fourth-order valence-corrected chi connectivity index (χ4v) is 18.0. The Morgan fingerprint density at radius 2 is 1.53 bits per heavy atom.